The van der Waals surface area contributed by atoms with Gasteiger partial charge in [-0.25, -0.2) is 9.97 Å². The molecule has 0 bridgehead atoms. The Balaban J connectivity index is 1.46. The predicted molar refractivity (Wildman–Crippen MR) is 118 cm³/mol. The van der Waals surface area contributed by atoms with E-state index in [9.17, 15) is 4.79 Å². The Labute approximate surface area is 172 Å². The highest BCUT2D eigenvalue weighted by molar-refractivity contribution is 7.20. The van der Waals surface area contributed by atoms with Crippen molar-refractivity contribution in [2.45, 2.75) is 6.92 Å². The third kappa shape index (κ3) is 4.33. The van der Waals surface area contributed by atoms with Gasteiger partial charge in [-0.1, -0.05) is 12.1 Å². The van der Waals surface area contributed by atoms with Crippen LogP contribution in [0.25, 0.3) is 10.2 Å². The number of aromatic nitrogens is 3. The fraction of sp³-hybridized carbons (Fsp3) is 0.143. The minimum atomic E-state index is -0.218. The lowest BCUT2D eigenvalue weighted by atomic mass is 10.3. The molecular weight excluding hydrogens is 384 g/mol. The molecule has 8 heteroatoms. The van der Waals surface area contributed by atoms with Crippen LogP contribution in [0.3, 0.4) is 0 Å². The average Bonchev–Trinajstić information content (AvgIpc) is 3.13. The molecular formula is C21H20N6OS. The van der Waals surface area contributed by atoms with Crippen LogP contribution in [0.1, 0.15) is 15.5 Å². The summed E-state index contributed by atoms with van der Waals surface area (Å²) in [6.45, 7) is 1.93. The third-order valence-electron chi connectivity index (χ3n) is 4.19. The first-order chi connectivity index (χ1) is 14.0. The second-order valence-corrected chi connectivity index (χ2v) is 7.76. The number of hydrogen-bond donors (Lipinski definition) is 2. The lowest BCUT2D eigenvalue weighted by Crippen LogP contribution is -2.13. The standard InChI is InChI=1S/C21H20N6OS/c1-13-12-18(27(2)3)26-21(22-13)24-15-10-8-14(9-11-15)23-19(28)20-25-16-6-4-5-7-17(16)29-20/h4-12H,1-3H3,(H,23,28)(H,22,24,26). The minimum Gasteiger partial charge on any atom is -0.363 e. The number of nitrogens with zero attached hydrogens (tertiary/aromatic N) is 4. The molecule has 29 heavy (non-hydrogen) atoms. The SMILES string of the molecule is Cc1cc(N(C)C)nc(Nc2ccc(NC(=O)c3nc4ccccc4s3)cc2)n1. The van der Waals surface area contributed by atoms with Crippen molar-refractivity contribution >= 4 is 50.6 Å². The van der Waals surface area contributed by atoms with E-state index in [-0.39, 0.29) is 5.91 Å². The number of amides is 1. The zero-order valence-electron chi connectivity index (χ0n) is 16.3. The van der Waals surface area contributed by atoms with Gasteiger partial charge in [0.05, 0.1) is 10.2 Å². The van der Waals surface area contributed by atoms with Crippen molar-refractivity contribution in [1.29, 1.82) is 0 Å². The molecule has 0 aliphatic carbocycles. The summed E-state index contributed by atoms with van der Waals surface area (Å²) in [5, 5.41) is 6.53. The third-order valence-corrected chi connectivity index (χ3v) is 5.22. The number of para-hydroxylation sites is 1. The van der Waals surface area contributed by atoms with Gasteiger partial charge in [0.2, 0.25) is 5.95 Å². The molecule has 4 rings (SSSR count). The van der Waals surface area contributed by atoms with Crippen LogP contribution in [0, 0.1) is 6.92 Å². The van der Waals surface area contributed by atoms with Crippen LogP contribution < -0.4 is 15.5 Å². The summed E-state index contributed by atoms with van der Waals surface area (Å²) < 4.78 is 0.993. The number of thiazole rings is 1. The molecule has 0 radical (unpaired) electrons. The quantitative estimate of drug-likeness (QED) is 0.511. The number of carbonyl (C=O) groups excluding carboxylic acids is 1. The van der Waals surface area contributed by atoms with E-state index in [0.717, 1.165) is 27.4 Å². The Morgan fingerprint density at radius 3 is 2.41 bits per heavy atom. The van der Waals surface area contributed by atoms with Gasteiger partial charge in [0.15, 0.2) is 5.01 Å². The average molecular weight is 404 g/mol. The van der Waals surface area contributed by atoms with Crippen LogP contribution in [-0.2, 0) is 0 Å². The van der Waals surface area contributed by atoms with Crippen LogP contribution in [0.5, 0.6) is 0 Å². The van der Waals surface area contributed by atoms with Gasteiger partial charge in [0, 0.05) is 37.2 Å². The highest BCUT2D eigenvalue weighted by atomic mass is 32.1. The van der Waals surface area contributed by atoms with Gasteiger partial charge in [-0.05, 0) is 43.3 Å². The zero-order valence-corrected chi connectivity index (χ0v) is 17.1. The molecule has 0 saturated heterocycles. The molecule has 4 aromatic rings. The van der Waals surface area contributed by atoms with Crippen molar-refractivity contribution in [3.05, 3.63) is 65.3 Å². The maximum absolute atomic E-state index is 12.5. The van der Waals surface area contributed by atoms with Crippen molar-refractivity contribution in [3.63, 3.8) is 0 Å². The molecule has 2 heterocycles. The second-order valence-electron chi connectivity index (χ2n) is 6.73. The van der Waals surface area contributed by atoms with E-state index < -0.39 is 0 Å². The van der Waals surface area contributed by atoms with Crippen LogP contribution in [0.15, 0.2) is 54.6 Å². The molecule has 2 aromatic heterocycles. The number of fused-ring (bicyclic) bond motifs is 1. The molecule has 2 aromatic carbocycles. The number of anilines is 4. The number of nitrogens with one attached hydrogen (secondary N) is 2. The lowest BCUT2D eigenvalue weighted by molar-refractivity contribution is 0.102. The van der Waals surface area contributed by atoms with Gasteiger partial charge in [-0.15, -0.1) is 11.3 Å². The van der Waals surface area contributed by atoms with Crippen molar-refractivity contribution < 1.29 is 4.79 Å². The predicted octanol–water partition coefficient (Wildman–Crippen LogP) is 4.46. The van der Waals surface area contributed by atoms with Crippen molar-refractivity contribution in [3.8, 4) is 0 Å². The zero-order chi connectivity index (χ0) is 20.4. The molecule has 0 aliphatic rings. The Morgan fingerprint density at radius 1 is 0.966 bits per heavy atom. The van der Waals surface area contributed by atoms with E-state index >= 15 is 0 Å². The van der Waals surface area contributed by atoms with E-state index in [1.165, 1.54) is 11.3 Å². The first kappa shape index (κ1) is 18.8. The van der Waals surface area contributed by atoms with Crippen molar-refractivity contribution in [2.75, 3.05) is 29.6 Å². The van der Waals surface area contributed by atoms with Crippen LogP contribution in [0.4, 0.5) is 23.1 Å². The highest BCUT2D eigenvalue weighted by Gasteiger charge is 2.12. The molecule has 0 atom stereocenters. The smallest absolute Gasteiger partial charge is 0.284 e. The van der Waals surface area contributed by atoms with Gasteiger partial charge < -0.3 is 15.5 Å². The summed E-state index contributed by atoms with van der Waals surface area (Å²) in [6, 6.07) is 17.0. The highest BCUT2D eigenvalue weighted by Crippen LogP contribution is 2.23. The van der Waals surface area contributed by atoms with E-state index in [0.29, 0.717) is 16.6 Å². The fourth-order valence-electron chi connectivity index (χ4n) is 2.76. The Hall–Kier alpha value is -3.52. The molecule has 2 N–H and O–H groups in total. The first-order valence-electron chi connectivity index (χ1n) is 9.05. The summed E-state index contributed by atoms with van der Waals surface area (Å²) in [6.07, 6.45) is 0. The number of rotatable bonds is 5. The van der Waals surface area contributed by atoms with Gasteiger partial charge in [-0.3, -0.25) is 4.79 Å². The molecule has 0 spiro atoms. The molecule has 0 aliphatic heterocycles. The maximum atomic E-state index is 12.5. The molecule has 0 saturated carbocycles. The van der Waals surface area contributed by atoms with Crippen molar-refractivity contribution in [2.24, 2.45) is 0 Å². The normalized spacial score (nSPS) is 10.7. The first-order valence-corrected chi connectivity index (χ1v) is 9.86. The summed E-state index contributed by atoms with van der Waals surface area (Å²) in [5.74, 6) is 1.14. The monoisotopic (exact) mass is 404 g/mol. The topological polar surface area (TPSA) is 83.0 Å². The fourth-order valence-corrected chi connectivity index (χ4v) is 3.62. The van der Waals surface area contributed by atoms with E-state index in [4.69, 9.17) is 0 Å². The Morgan fingerprint density at radius 2 is 1.69 bits per heavy atom. The van der Waals surface area contributed by atoms with Gasteiger partial charge in [0.25, 0.3) is 5.91 Å². The second kappa shape index (κ2) is 7.84. The van der Waals surface area contributed by atoms with Gasteiger partial charge in [0.1, 0.15) is 5.82 Å². The van der Waals surface area contributed by atoms with Crippen molar-refractivity contribution in [1.82, 2.24) is 15.0 Å². The summed E-state index contributed by atoms with van der Waals surface area (Å²) >= 11 is 1.38. The van der Waals surface area contributed by atoms with E-state index in [1.807, 2.05) is 80.5 Å². The van der Waals surface area contributed by atoms with Gasteiger partial charge in [-0.2, -0.15) is 4.98 Å². The maximum Gasteiger partial charge on any atom is 0.284 e. The summed E-state index contributed by atoms with van der Waals surface area (Å²) in [5.41, 5.74) is 3.24. The summed E-state index contributed by atoms with van der Waals surface area (Å²) in [4.78, 5) is 27.7. The largest absolute Gasteiger partial charge is 0.363 e. The van der Waals surface area contributed by atoms with Gasteiger partial charge >= 0.3 is 0 Å². The number of carbonyl (C=O) groups is 1. The number of aryl methyl sites for hydroxylation is 1. The molecule has 0 unspecified atom stereocenters. The molecule has 7 nitrogen and oxygen atoms in total. The molecule has 146 valence electrons. The Bertz CT molecular complexity index is 1140. The molecule has 0 fully saturated rings. The number of benzene rings is 2. The minimum absolute atomic E-state index is 0.218. The lowest BCUT2D eigenvalue weighted by Gasteiger charge is -2.14. The molecule has 1 amide bonds. The summed E-state index contributed by atoms with van der Waals surface area (Å²) in [7, 11) is 3.88. The Kier molecular flexibility index (Phi) is 5.09. The van der Waals surface area contributed by atoms with E-state index in [2.05, 4.69) is 25.6 Å². The van der Waals surface area contributed by atoms with E-state index in [1.54, 1.807) is 0 Å². The van der Waals surface area contributed by atoms with Crippen LogP contribution in [0.2, 0.25) is 0 Å². The number of hydrogen-bond acceptors (Lipinski definition) is 7. The van der Waals surface area contributed by atoms with Crippen LogP contribution in [-0.4, -0.2) is 35.0 Å². The van der Waals surface area contributed by atoms with Crippen LogP contribution >= 0.6 is 11.3 Å².